The molecule has 0 aromatic carbocycles. The highest BCUT2D eigenvalue weighted by atomic mass is 32.1. The Morgan fingerprint density at radius 2 is 2.25 bits per heavy atom. The van der Waals surface area contributed by atoms with E-state index in [0.717, 1.165) is 17.7 Å². The molecule has 2 atom stereocenters. The average Bonchev–Trinajstić information content (AvgIpc) is 2.95. The molecule has 0 spiro atoms. The molecule has 0 amide bonds. The molecular formula is C16H20N2O5S. The van der Waals surface area contributed by atoms with Gasteiger partial charge in [-0.3, -0.25) is 14.2 Å². The van der Waals surface area contributed by atoms with Crippen LogP contribution in [0.5, 0.6) is 0 Å². The highest BCUT2D eigenvalue weighted by Gasteiger charge is 2.32. The van der Waals surface area contributed by atoms with Crippen molar-refractivity contribution in [3.8, 4) is 0 Å². The number of aliphatic carboxylic acids is 1. The predicted molar refractivity (Wildman–Crippen MR) is 89.7 cm³/mol. The molecule has 1 aliphatic rings. The first-order valence-electron chi connectivity index (χ1n) is 8.04. The third-order valence-electron chi connectivity index (χ3n) is 4.47. The fraction of sp³-hybridized carbons (Fsp3) is 0.562. The van der Waals surface area contributed by atoms with Crippen molar-refractivity contribution in [2.24, 2.45) is 0 Å². The second kappa shape index (κ2) is 6.62. The highest BCUT2D eigenvalue weighted by molar-refractivity contribution is 7.18. The van der Waals surface area contributed by atoms with E-state index in [9.17, 15) is 19.8 Å². The van der Waals surface area contributed by atoms with Crippen molar-refractivity contribution in [1.29, 1.82) is 0 Å². The van der Waals surface area contributed by atoms with E-state index in [4.69, 9.17) is 5.11 Å². The van der Waals surface area contributed by atoms with Gasteiger partial charge in [-0.25, -0.2) is 4.98 Å². The number of aryl methyl sites for hydroxylation is 2. The molecule has 0 aliphatic heterocycles. The van der Waals surface area contributed by atoms with E-state index in [1.807, 2.05) is 6.92 Å². The normalized spacial score (nSPS) is 18.5. The van der Waals surface area contributed by atoms with Gasteiger partial charge < -0.3 is 15.3 Å². The minimum absolute atomic E-state index is 0.0518. The van der Waals surface area contributed by atoms with Gasteiger partial charge in [0.1, 0.15) is 10.7 Å². The number of carboxylic acids is 1. The van der Waals surface area contributed by atoms with E-state index >= 15 is 0 Å². The number of aromatic nitrogens is 2. The molecule has 3 N–H and O–H groups in total. The highest BCUT2D eigenvalue weighted by Crippen LogP contribution is 2.40. The second-order valence-corrected chi connectivity index (χ2v) is 7.12. The van der Waals surface area contributed by atoms with Gasteiger partial charge in [-0.2, -0.15) is 0 Å². The molecule has 24 heavy (non-hydrogen) atoms. The average molecular weight is 352 g/mol. The molecule has 0 fully saturated rings. The number of aliphatic hydroxyl groups is 2. The van der Waals surface area contributed by atoms with Crippen LogP contribution in [0.4, 0.5) is 0 Å². The maximum Gasteiger partial charge on any atom is 0.311 e. The molecule has 0 saturated carbocycles. The maximum absolute atomic E-state index is 13.0. The van der Waals surface area contributed by atoms with E-state index in [1.165, 1.54) is 15.9 Å². The molecule has 2 unspecified atom stereocenters. The van der Waals surface area contributed by atoms with E-state index in [0.29, 0.717) is 34.4 Å². The first kappa shape index (κ1) is 17.1. The van der Waals surface area contributed by atoms with Crippen molar-refractivity contribution in [2.75, 3.05) is 6.61 Å². The van der Waals surface area contributed by atoms with Gasteiger partial charge >= 0.3 is 5.97 Å². The third-order valence-corrected chi connectivity index (χ3v) is 5.63. The Morgan fingerprint density at radius 3 is 2.88 bits per heavy atom. The minimum atomic E-state index is -1.06. The number of aliphatic hydroxyl groups excluding tert-OH is 2. The number of hydrogen-bond donors (Lipinski definition) is 3. The Kier molecular flexibility index (Phi) is 4.71. The summed E-state index contributed by atoms with van der Waals surface area (Å²) in [6.07, 6.45) is 1.52. The maximum atomic E-state index is 13.0. The monoisotopic (exact) mass is 352 g/mol. The van der Waals surface area contributed by atoms with Gasteiger partial charge in [0.25, 0.3) is 5.56 Å². The van der Waals surface area contributed by atoms with Crippen LogP contribution in [-0.2, 0) is 24.2 Å². The van der Waals surface area contributed by atoms with E-state index in [1.54, 1.807) is 0 Å². The molecule has 7 nitrogen and oxygen atoms in total. The van der Waals surface area contributed by atoms with Gasteiger partial charge in [0.05, 0.1) is 30.6 Å². The molecule has 1 aliphatic carbocycles. The van der Waals surface area contributed by atoms with Crippen LogP contribution in [0.1, 0.15) is 41.9 Å². The van der Waals surface area contributed by atoms with E-state index < -0.39 is 24.6 Å². The van der Waals surface area contributed by atoms with Crippen molar-refractivity contribution in [3.63, 3.8) is 0 Å². The largest absolute Gasteiger partial charge is 0.481 e. The summed E-state index contributed by atoms with van der Waals surface area (Å²) in [5, 5.41) is 28.7. The summed E-state index contributed by atoms with van der Waals surface area (Å²) in [6, 6.07) is 0. The Balaban J connectivity index is 2.27. The van der Waals surface area contributed by atoms with Gasteiger partial charge in [-0.15, -0.1) is 11.3 Å². The quantitative estimate of drug-likeness (QED) is 0.736. The van der Waals surface area contributed by atoms with Gasteiger partial charge in [-0.1, -0.05) is 6.92 Å². The molecular weight excluding hydrogens is 332 g/mol. The van der Waals surface area contributed by atoms with Gasteiger partial charge in [0, 0.05) is 11.3 Å². The summed E-state index contributed by atoms with van der Waals surface area (Å²) < 4.78 is 1.36. The number of nitrogens with zero attached hydrogens (tertiary/aromatic N) is 2. The molecule has 3 rings (SSSR count). The zero-order chi connectivity index (χ0) is 17.4. The minimum Gasteiger partial charge on any atom is -0.481 e. The van der Waals surface area contributed by atoms with E-state index in [2.05, 4.69) is 4.98 Å². The van der Waals surface area contributed by atoms with Gasteiger partial charge in [0.2, 0.25) is 0 Å². The summed E-state index contributed by atoms with van der Waals surface area (Å²) in [5.74, 6) is -1.07. The van der Waals surface area contributed by atoms with Crippen LogP contribution in [-0.4, -0.2) is 43.6 Å². The van der Waals surface area contributed by atoms with Crippen molar-refractivity contribution in [1.82, 2.24) is 9.55 Å². The Bertz CT molecular complexity index is 841. The third kappa shape index (κ3) is 2.74. The summed E-state index contributed by atoms with van der Waals surface area (Å²) in [5.41, 5.74) is 0.274. The molecule has 2 aromatic heterocycles. The summed E-state index contributed by atoms with van der Waals surface area (Å²) >= 11 is 1.40. The lowest BCUT2D eigenvalue weighted by molar-refractivity contribution is -0.139. The Hall–Kier alpha value is -1.77. The van der Waals surface area contributed by atoms with Crippen molar-refractivity contribution in [3.05, 3.63) is 26.6 Å². The smallest absolute Gasteiger partial charge is 0.311 e. The number of fused-ring (bicyclic) bond motifs is 3. The van der Waals surface area contributed by atoms with E-state index in [-0.39, 0.29) is 12.1 Å². The SMILES string of the molecule is CCc1nc2sc3c(c2c(=O)n1CC(O)CO)C(C(=O)O)CCC3. The van der Waals surface area contributed by atoms with Crippen LogP contribution < -0.4 is 5.56 Å². The fourth-order valence-corrected chi connectivity index (χ4v) is 4.62. The summed E-state index contributed by atoms with van der Waals surface area (Å²) in [7, 11) is 0. The number of hydrogen-bond acceptors (Lipinski definition) is 6. The molecule has 130 valence electrons. The van der Waals surface area contributed by atoms with Crippen LogP contribution >= 0.6 is 11.3 Å². The lowest BCUT2D eigenvalue weighted by Gasteiger charge is -2.19. The van der Waals surface area contributed by atoms with Crippen molar-refractivity contribution >= 4 is 27.5 Å². The molecule has 2 aromatic rings. The summed E-state index contributed by atoms with van der Waals surface area (Å²) in [4.78, 5) is 30.6. The van der Waals surface area contributed by atoms with Gasteiger partial charge in [-0.05, 0) is 24.8 Å². The topological polar surface area (TPSA) is 113 Å². The molecule has 0 saturated heterocycles. The van der Waals surface area contributed by atoms with Gasteiger partial charge in [0.15, 0.2) is 0 Å². The Labute approximate surface area is 142 Å². The Morgan fingerprint density at radius 1 is 1.50 bits per heavy atom. The lowest BCUT2D eigenvalue weighted by Crippen LogP contribution is -2.32. The predicted octanol–water partition coefficient (Wildman–Crippen LogP) is 0.878. The first-order chi connectivity index (χ1) is 11.5. The lowest BCUT2D eigenvalue weighted by atomic mass is 9.86. The zero-order valence-corrected chi connectivity index (χ0v) is 14.2. The van der Waals surface area contributed by atoms with Crippen LogP contribution in [0, 0.1) is 0 Å². The van der Waals surface area contributed by atoms with Crippen LogP contribution in [0.15, 0.2) is 4.79 Å². The zero-order valence-electron chi connectivity index (χ0n) is 13.4. The van der Waals surface area contributed by atoms with Crippen molar-refractivity contribution < 1.29 is 20.1 Å². The number of rotatable bonds is 5. The standard InChI is InChI=1S/C16H20N2O5S/c1-2-11-17-14-13(15(21)18(11)6-8(20)7-19)12-9(16(22)23)4-3-5-10(12)24-14/h8-9,19-20H,2-7H2,1H3,(H,22,23). The van der Waals surface area contributed by atoms with Crippen LogP contribution in [0.2, 0.25) is 0 Å². The fourth-order valence-electron chi connectivity index (χ4n) is 3.33. The van der Waals surface area contributed by atoms with Crippen LogP contribution in [0.25, 0.3) is 10.2 Å². The molecule has 8 heteroatoms. The summed E-state index contributed by atoms with van der Waals surface area (Å²) in [6.45, 7) is 1.36. The second-order valence-electron chi connectivity index (χ2n) is 6.04. The molecule has 2 heterocycles. The number of carbonyl (C=O) groups is 1. The molecule has 0 radical (unpaired) electrons. The molecule has 0 bridgehead atoms. The van der Waals surface area contributed by atoms with Crippen LogP contribution in [0.3, 0.4) is 0 Å². The number of carboxylic acid groups (broad SMARTS) is 1. The van der Waals surface area contributed by atoms with Crippen molar-refractivity contribution in [2.45, 2.75) is 51.2 Å². The first-order valence-corrected chi connectivity index (χ1v) is 8.86. The number of thiophene rings is 1.